The first-order chi connectivity index (χ1) is 13.5. The number of methoxy groups -OCH3 is 1. The standard InChI is InChI=1S/C21H29ClN2O4/c1-28-19-12-15(6-7-18(19)25)21(27)24-10-8-14(9-11-24)20(26)23-13-16-4-2-3-5-17(16)22/h2-5,14-15,18-19,25H,6-13H2,1H3,(H,23,26)/t15-,18+,19-/m1/s1. The molecule has 2 amide bonds. The fourth-order valence-corrected chi connectivity index (χ4v) is 4.38. The molecule has 1 aromatic carbocycles. The average Bonchev–Trinajstić information content (AvgIpc) is 2.73. The fraction of sp³-hybridized carbons (Fsp3) is 0.619. The number of nitrogens with zero attached hydrogens (tertiary/aromatic N) is 1. The van der Waals surface area contributed by atoms with Gasteiger partial charge in [0.1, 0.15) is 0 Å². The molecule has 2 aliphatic rings. The molecule has 0 spiro atoms. The van der Waals surface area contributed by atoms with Crippen molar-refractivity contribution in [1.29, 1.82) is 0 Å². The van der Waals surface area contributed by atoms with Gasteiger partial charge < -0.3 is 20.1 Å². The maximum absolute atomic E-state index is 12.8. The largest absolute Gasteiger partial charge is 0.390 e. The molecule has 1 aromatic rings. The van der Waals surface area contributed by atoms with Crippen molar-refractivity contribution < 1.29 is 19.4 Å². The Bertz CT molecular complexity index is 691. The number of aliphatic hydroxyl groups is 1. The van der Waals surface area contributed by atoms with Crippen molar-refractivity contribution in [2.75, 3.05) is 20.2 Å². The summed E-state index contributed by atoms with van der Waals surface area (Å²) < 4.78 is 5.31. The summed E-state index contributed by atoms with van der Waals surface area (Å²) in [6, 6.07) is 7.47. The average molecular weight is 409 g/mol. The Morgan fingerprint density at radius 3 is 2.57 bits per heavy atom. The van der Waals surface area contributed by atoms with Crippen molar-refractivity contribution in [3.05, 3.63) is 34.9 Å². The van der Waals surface area contributed by atoms with E-state index >= 15 is 0 Å². The Morgan fingerprint density at radius 2 is 1.89 bits per heavy atom. The van der Waals surface area contributed by atoms with E-state index in [0.29, 0.717) is 56.8 Å². The van der Waals surface area contributed by atoms with Gasteiger partial charge in [-0.05, 0) is 43.7 Å². The summed E-state index contributed by atoms with van der Waals surface area (Å²) in [7, 11) is 1.58. The van der Waals surface area contributed by atoms with E-state index in [0.717, 1.165) is 5.56 Å². The summed E-state index contributed by atoms with van der Waals surface area (Å²) in [6.45, 7) is 1.61. The number of likely N-dealkylation sites (tertiary alicyclic amines) is 1. The minimum absolute atomic E-state index is 0.0206. The van der Waals surface area contributed by atoms with Crippen LogP contribution in [0.5, 0.6) is 0 Å². The molecule has 1 heterocycles. The zero-order chi connectivity index (χ0) is 20.1. The number of nitrogens with one attached hydrogen (secondary N) is 1. The molecule has 2 fully saturated rings. The van der Waals surface area contributed by atoms with Crippen molar-refractivity contribution in [1.82, 2.24) is 10.2 Å². The van der Waals surface area contributed by atoms with Crippen LogP contribution in [0, 0.1) is 11.8 Å². The lowest BCUT2D eigenvalue weighted by molar-refractivity contribution is -0.143. The summed E-state index contributed by atoms with van der Waals surface area (Å²) in [5, 5.41) is 13.5. The Morgan fingerprint density at radius 1 is 1.18 bits per heavy atom. The number of rotatable bonds is 5. The molecule has 1 aliphatic carbocycles. The van der Waals surface area contributed by atoms with E-state index in [1.807, 2.05) is 29.2 Å². The van der Waals surface area contributed by atoms with E-state index in [9.17, 15) is 14.7 Å². The highest BCUT2D eigenvalue weighted by Crippen LogP contribution is 2.29. The number of carbonyl (C=O) groups excluding carboxylic acids is 2. The van der Waals surface area contributed by atoms with Crippen LogP contribution in [0.25, 0.3) is 0 Å². The second kappa shape index (κ2) is 9.72. The third kappa shape index (κ3) is 5.04. The lowest BCUT2D eigenvalue weighted by Crippen LogP contribution is -2.47. The SMILES string of the molecule is CO[C@@H]1C[C@H](C(=O)N2CCC(C(=O)NCc3ccccc3Cl)CC2)CC[C@@H]1O. The molecule has 1 saturated heterocycles. The lowest BCUT2D eigenvalue weighted by atomic mass is 9.83. The van der Waals surface area contributed by atoms with Gasteiger partial charge in [0.15, 0.2) is 0 Å². The molecule has 1 aliphatic heterocycles. The Hall–Kier alpha value is -1.63. The quantitative estimate of drug-likeness (QED) is 0.784. The van der Waals surface area contributed by atoms with Crippen LogP contribution in [-0.4, -0.2) is 54.2 Å². The van der Waals surface area contributed by atoms with E-state index in [-0.39, 0.29) is 29.8 Å². The van der Waals surface area contributed by atoms with E-state index in [1.54, 1.807) is 7.11 Å². The second-order valence-electron chi connectivity index (χ2n) is 7.76. The zero-order valence-corrected chi connectivity index (χ0v) is 17.0. The van der Waals surface area contributed by atoms with Gasteiger partial charge in [0, 0.05) is 43.6 Å². The Labute approximate surface area is 171 Å². The first-order valence-electron chi connectivity index (χ1n) is 10.0. The number of hydrogen-bond acceptors (Lipinski definition) is 4. The van der Waals surface area contributed by atoms with Crippen LogP contribution in [-0.2, 0) is 20.9 Å². The van der Waals surface area contributed by atoms with Gasteiger partial charge in [-0.15, -0.1) is 0 Å². The number of amides is 2. The van der Waals surface area contributed by atoms with Crippen LogP contribution in [0.1, 0.15) is 37.7 Å². The molecule has 0 aromatic heterocycles. The van der Waals surface area contributed by atoms with Gasteiger partial charge in [-0.1, -0.05) is 29.8 Å². The van der Waals surface area contributed by atoms with E-state index in [1.165, 1.54) is 0 Å². The van der Waals surface area contributed by atoms with Crippen LogP contribution < -0.4 is 5.32 Å². The van der Waals surface area contributed by atoms with E-state index < -0.39 is 6.10 Å². The van der Waals surface area contributed by atoms with Crippen molar-refractivity contribution in [2.45, 2.75) is 50.9 Å². The molecule has 28 heavy (non-hydrogen) atoms. The summed E-state index contributed by atoms with van der Waals surface area (Å²) in [6.07, 6.45) is 2.44. The molecule has 7 heteroatoms. The molecule has 154 valence electrons. The van der Waals surface area contributed by atoms with Crippen LogP contribution in [0.15, 0.2) is 24.3 Å². The van der Waals surface area contributed by atoms with Crippen molar-refractivity contribution in [3.8, 4) is 0 Å². The number of carbonyl (C=O) groups is 2. The molecule has 0 bridgehead atoms. The molecule has 0 radical (unpaired) electrons. The predicted octanol–water partition coefficient (Wildman–Crippen LogP) is 2.37. The van der Waals surface area contributed by atoms with Gasteiger partial charge in [0.2, 0.25) is 11.8 Å². The summed E-state index contributed by atoms with van der Waals surface area (Å²) in [5.74, 6) is -0.0264. The first-order valence-corrected chi connectivity index (χ1v) is 10.4. The smallest absolute Gasteiger partial charge is 0.225 e. The monoisotopic (exact) mass is 408 g/mol. The third-order valence-electron chi connectivity index (χ3n) is 6.00. The molecule has 1 saturated carbocycles. The first kappa shape index (κ1) is 21.1. The van der Waals surface area contributed by atoms with Gasteiger partial charge in [-0.2, -0.15) is 0 Å². The molecule has 2 N–H and O–H groups in total. The fourth-order valence-electron chi connectivity index (χ4n) is 4.18. The van der Waals surface area contributed by atoms with Gasteiger partial charge >= 0.3 is 0 Å². The number of ether oxygens (including phenoxy) is 1. The minimum Gasteiger partial charge on any atom is -0.390 e. The molecule has 0 unspecified atom stereocenters. The summed E-state index contributed by atoms with van der Waals surface area (Å²) in [5.41, 5.74) is 0.900. The predicted molar refractivity (Wildman–Crippen MR) is 107 cm³/mol. The lowest BCUT2D eigenvalue weighted by Gasteiger charge is -2.37. The highest BCUT2D eigenvalue weighted by Gasteiger charge is 2.36. The maximum Gasteiger partial charge on any atom is 0.225 e. The molecule has 3 rings (SSSR count). The topological polar surface area (TPSA) is 78.9 Å². The molecule has 6 nitrogen and oxygen atoms in total. The molecular weight excluding hydrogens is 380 g/mol. The number of hydrogen-bond donors (Lipinski definition) is 2. The van der Waals surface area contributed by atoms with Gasteiger partial charge in [-0.3, -0.25) is 9.59 Å². The van der Waals surface area contributed by atoms with E-state index in [2.05, 4.69) is 5.32 Å². The van der Waals surface area contributed by atoms with E-state index in [4.69, 9.17) is 16.3 Å². The highest BCUT2D eigenvalue weighted by molar-refractivity contribution is 6.31. The van der Waals surface area contributed by atoms with Crippen LogP contribution >= 0.6 is 11.6 Å². The van der Waals surface area contributed by atoms with Crippen LogP contribution in [0.4, 0.5) is 0 Å². The van der Waals surface area contributed by atoms with Gasteiger partial charge in [0.25, 0.3) is 0 Å². The highest BCUT2D eigenvalue weighted by atomic mass is 35.5. The number of piperidine rings is 1. The number of aliphatic hydroxyl groups excluding tert-OH is 1. The third-order valence-corrected chi connectivity index (χ3v) is 6.37. The molecular formula is C21H29ClN2O4. The van der Waals surface area contributed by atoms with Crippen molar-refractivity contribution in [2.24, 2.45) is 11.8 Å². The second-order valence-corrected chi connectivity index (χ2v) is 8.17. The zero-order valence-electron chi connectivity index (χ0n) is 16.3. The number of benzene rings is 1. The van der Waals surface area contributed by atoms with Crippen molar-refractivity contribution in [3.63, 3.8) is 0 Å². The van der Waals surface area contributed by atoms with Gasteiger partial charge in [0.05, 0.1) is 12.2 Å². The molecule has 3 atom stereocenters. The summed E-state index contributed by atoms with van der Waals surface area (Å²) >= 11 is 6.13. The Kier molecular flexibility index (Phi) is 7.32. The minimum atomic E-state index is -0.485. The van der Waals surface area contributed by atoms with Crippen LogP contribution in [0.2, 0.25) is 5.02 Å². The van der Waals surface area contributed by atoms with Crippen molar-refractivity contribution >= 4 is 23.4 Å². The maximum atomic E-state index is 12.8. The summed E-state index contributed by atoms with van der Waals surface area (Å²) in [4.78, 5) is 27.2. The Balaban J connectivity index is 1.45. The number of halogens is 1. The normalized spacial score (nSPS) is 26.1. The van der Waals surface area contributed by atoms with Gasteiger partial charge in [-0.25, -0.2) is 0 Å². The van der Waals surface area contributed by atoms with Crippen LogP contribution in [0.3, 0.4) is 0 Å².